The average molecular weight is 428 g/mol. The molecule has 7 heteroatoms. The number of nitrogens with zero attached hydrogens (tertiary/aromatic N) is 2. The largest absolute Gasteiger partial charge is 0.497 e. The predicted molar refractivity (Wildman–Crippen MR) is 121 cm³/mol. The summed E-state index contributed by atoms with van der Waals surface area (Å²) in [5, 5.41) is 5.98. The highest BCUT2D eigenvalue weighted by Crippen LogP contribution is 2.32. The van der Waals surface area contributed by atoms with Gasteiger partial charge in [-0.05, 0) is 43.2 Å². The average Bonchev–Trinajstić information content (AvgIpc) is 3.35. The number of hydrogen-bond donors (Lipinski definition) is 1. The maximum Gasteiger partial charge on any atom is 0.253 e. The lowest BCUT2D eigenvalue weighted by Crippen LogP contribution is -2.27. The number of carbonyl (C=O) groups excluding carboxylic acids is 1. The van der Waals surface area contributed by atoms with Crippen molar-refractivity contribution < 1.29 is 14.3 Å². The molecule has 1 amide bonds. The van der Waals surface area contributed by atoms with E-state index in [0.29, 0.717) is 31.2 Å². The fourth-order valence-electron chi connectivity index (χ4n) is 3.21. The van der Waals surface area contributed by atoms with Crippen LogP contribution < -0.4 is 10.1 Å². The fraction of sp³-hybridized carbons (Fsp3) is 0.391. The summed E-state index contributed by atoms with van der Waals surface area (Å²) in [4.78, 5) is 17.6. The summed E-state index contributed by atoms with van der Waals surface area (Å²) in [6, 6.07) is 9.80. The lowest BCUT2D eigenvalue weighted by molar-refractivity contribution is 0.0948. The molecule has 160 valence electrons. The minimum atomic E-state index is -0.0516. The van der Waals surface area contributed by atoms with Crippen molar-refractivity contribution in [1.29, 1.82) is 0 Å². The Balaban J connectivity index is 1.94. The number of nitrogens with one attached hydrogen (secondary N) is 1. The molecule has 30 heavy (non-hydrogen) atoms. The number of rotatable bonds is 9. The second-order valence-corrected chi connectivity index (χ2v) is 8.40. The lowest BCUT2D eigenvalue weighted by atomic mass is 10.2. The third kappa shape index (κ3) is 4.91. The van der Waals surface area contributed by atoms with Crippen LogP contribution in [-0.4, -0.2) is 42.8 Å². The molecule has 0 bridgehead atoms. The fourth-order valence-corrected chi connectivity index (χ4v) is 4.03. The van der Waals surface area contributed by atoms with Crippen LogP contribution in [0.3, 0.4) is 0 Å². The molecular formula is C23H29N3O3S. The second-order valence-electron chi connectivity index (χ2n) is 7.54. The van der Waals surface area contributed by atoms with E-state index in [4.69, 9.17) is 14.5 Å². The van der Waals surface area contributed by atoms with Crippen molar-refractivity contribution in [1.82, 2.24) is 14.9 Å². The van der Waals surface area contributed by atoms with Gasteiger partial charge in [0.1, 0.15) is 10.8 Å². The molecule has 2 heterocycles. The van der Waals surface area contributed by atoms with Crippen molar-refractivity contribution in [2.45, 2.75) is 27.3 Å². The number of benzene rings is 1. The van der Waals surface area contributed by atoms with Gasteiger partial charge in [0.25, 0.3) is 5.91 Å². The number of ether oxygens (including phenoxy) is 2. The first-order chi connectivity index (χ1) is 14.4. The molecule has 0 aliphatic carbocycles. The van der Waals surface area contributed by atoms with Crippen LogP contribution >= 0.6 is 11.3 Å². The topological polar surface area (TPSA) is 65.4 Å². The van der Waals surface area contributed by atoms with E-state index in [1.54, 1.807) is 25.6 Å². The van der Waals surface area contributed by atoms with Gasteiger partial charge in [0.15, 0.2) is 0 Å². The first kappa shape index (κ1) is 22.1. The van der Waals surface area contributed by atoms with Crippen molar-refractivity contribution in [3.05, 3.63) is 47.0 Å². The summed E-state index contributed by atoms with van der Waals surface area (Å²) in [6.45, 7) is 8.00. The molecule has 0 aliphatic rings. The van der Waals surface area contributed by atoms with E-state index in [0.717, 1.165) is 33.4 Å². The van der Waals surface area contributed by atoms with E-state index in [9.17, 15) is 4.79 Å². The SMILES string of the molecule is COCCn1c(-c2csc(-c3ccc(OC)cc3)n2)cc(C(=O)NCC(C)C)c1C. The molecule has 0 atom stereocenters. The third-order valence-electron chi connectivity index (χ3n) is 4.90. The van der Waals surface area contributed by atoms with Gasteiger partial charge in [-0.15, -0.1) is 11.3 Å². The highest BCUT2D eigenvalue weighted by molar-refractivity contribution is 7.13. The molecule has 2 aromatic heterocycles. The lowest BCUT2D eigenvalue weighted by Gasteiger charge is -2.11. The molecule has 0 aliphatic heterocycles. The van der Waals surface area contributed by atoms with Crippen molar-refractivity contribution in [3.8, 4) is 27.7 Å². The Morgan fingerprint density at radius 2 is 1.97 bits per heavy atom. The van der Waals surface area contributed by atoms with Crippen molar-refractivity contribution in [2.24, 2.45) is 5.92 Å². The van der Waals surface area contributed by atoms with Crippen LogP contribution in [0.4, 0.5) is 0 Å². The van der Waals surface area contributed by atoms with Crippen LogP contribution in [0.5, 0.6) is 5.75 Å². The number of carbonyl (C=O) groups is 1. The second kappa shape index (κ2) is 9.91. The van der Waals surface area contributed by atoms with Gasteiger partial charge in [-0.2, -0.15) is 0 Å². The van der Waals surface area contributed by atoms with Crippen LogP contribution in [0.25, 0.3) is 22.0 Å². The molecule has 0 unspecified atom stereocenters. The van der Waals surface area contributed by atoms with Gasteiger partial charge in [0.2, 0.25) is 0 Å². The van der Waals surface area contributed by atoms with E-state index in [2.05, 4.69) is 23.7 Å². The van der Waals surface area contributed by atoms with Gasteiger partial charge in [-0.1, -0.05) is 13.8 Å². The number of hydrogen-bond acceptors (Lipinski definition) is 5. The Labute approximate surface area is 181 Å². The molecule has 0 saturated carbocycles. The highest BCUT2D eigenvalue weighted by atomic mass is 32.1. The van der Waals surface area contributed by atoms with Crippen LogP contribution in [0.1, 0.15) is 29.9 Å². The normalized spacial score (nSPS) is 11.1. The van der Waals surface area contributed by atoms with Gasteiger partial charge in [-0.3, -0.25) is 4.79 Å². The first-order valence-electron chi connectivity index (χ1n) is 10.0. The van der Waals surface area contributed by atoms with Crippen LogP contribution in [0.15, 0.2) is 35.7 Å². The van der Waals surface area contributed by atoms with Gasteiger partial charge < -0.3 is 19.4 Å². The van der Waals surface area contributed by atoms with Crippen LogP contribution in [-0.2, 0) is 11.3 Å². The van der Waals surface area contributed by atoms with E-state index in [-0.39, 0.29) is 5.91 Å². The molecule has 0 spiro atoms. The summed E-state index contributed by atoms with van der Waals surface area (Å²) in [5.74, 6) is 1.16. The van der Waals surface area contributed by atoms with Gasteiger partial charge in [0, 0.05) is 36.8 Å². The van der Waals surface area contributed by atoms with Gasteiger partial charge >= 0.3 is 0 Å². The van der Waals surface area contributed by atoms with Crippen LogP contribution in [0, 0.1) is 12.8 Å². The Hall–Kier alpha value is -2.64. The van der Waals surface area contributed by atoms with E-state index in [1.165, 1.54) is 0 Å². The van der Waals surface area contributed by atoms with E-state index >= 15 is 0 Å². The minimum absolute atomic E-state index is 0.0516. The zero-order chi connectivity index (χ0) is 21.7. The molecule has 6 nitrogen and oxygen atoms in total. The Morgan fingerprint density at radius 3 is 2.60 bits per heavy atom. The smallest absolute Gasteiger partial charge is 0.253 e. The summed E-state index contributed by atoms with van der Waals surface area (Å²) in [7, 11) is 3.33. The van der Waals surface area contributed by atoms with Gasteiger partial charge in [0.05, 0.1) is 30.7 Å². The molecule has 0 radical (unpaired) electrons. The zero-order valence-corrected chi connectivity index (χ0v) is 19.0. The molecule has 3 rings (SSSR count). The van der Waals surface area contributed by atoms with Crippen molar-refractivity contribution in [2.75, 3.05) is 27.4 Å². The zero-order valence-electron chi connectivity index (χ0n) is 18.2. The number of aromatic nitrogens is 2. The van der Waals surface area contributed by atoms with Crippen LogP contribution in [0.2, 0.25) is 0 Å². The molecule has 3 aromatic rings. The number of thiazole rings is 1. The Bertz CT molecular complexity index is 990. The molecule has 1 N–H and O–H groups in total. The van der Waals surface area contributed by atoms with Crippen molar-refractivity contribution >= 4 is 17.2 Å². The molecular weight excluding hydrogens is 398 g/mol. The Kier molecular flexibility index (Phi) is 7.29. The van der Waals surface area contributed by atoms with E-state index < -0.39 is 0 Å². The van der Waals surface area contributed by atoms with Crippen molar-refractivity contribution in [3.63, 3.8) is 0 Å². The van der Waals surface area contributed by atoms with E-state index in [1.807, 2.05) is 42.6 Å². The maximum absolute atomic E-state index is 12.7. The summed E-state index contributed by atoms with van der Waals surface area (Å²) in [6.07, 6.45) is 0. The highest BCUT2D eigenvalue weighted by Gasteiger charge is 2.20. The molecule has 1 aromatic carbocycles. The molecule has 0 fully saturated rings. The maximum atomic E-state index is 12.7. The molecule has 0 saturated heterocycles. The number of amides is 1. The summed E-state index contributed by atoms with van der Waals surface area (Å²) in [5.41, 5.74) is 4.42. The summed E-state index contributed by atoms with van der Waals surface area (Å²) < 4.78 is 12.6. The predicted octanol–water partition coefficient (Wildman–Crippen LogP) is 4.63. The quantitative estimate of drug-likeness (QED) is 0.541. The summed E-state index contributed by atoms with van der Waals surface area (Å²) >= 11 is 1.58. The number of methoxy groups -OCH3 is 2. The Morgan fingerprint density at radius 1 is 1.23 bits per heavy atom. The standard InChI is InChI=1S/C23H29N3O3S/c1-15(2)13-24-22(27)19-12-21(26(16(19)3)10-11-28-4)20-14-30-23(25-20)17-6-8-18(29-5)9-7-17/h6-9,12,14-15H,10-11,13H2,1-5H3,(H,24,27). The first-order valence-corrected chi connectivity index (χ1v) is 10.9. The third-order valence-corrected chi connectivity index (χ3v) is 5.80. The van der Waals surface area contributed by atoms with Gasteiger partial charge in [-0.25, -0.2) is 4.98 Å². The minimum Gasteiger partial charge on any atom is -0.497 e. The monoisotopic (exact) mass is 427 g/mol.